The van der Waals surface area contributed by atoms with Crippen LogP contribution in [0.25, 0.3) is 0 Å². The van der Waals surface area contributed by atoms with Crippen molar-refractivity contribution in [3.63, 3.8) is 0 Å². The van der Waals surface area contributed by atoms with Crippen LogP contribution in [0.15, 0.2) is 0 Å². The van der Waals surface area contributed by atoms with Gasteiger partial charge in [-0.05, 0) is 6.92 Å². The number of rotatable bonds is 6. The van der Waals surface area contributed by atoms with Gasteiger partial charge in [0.2, 0.25) is 0 Å². The Morgan fingerprint density at radius 2 is 1.14 bits per heavy atom. The number of nitrogens with zero attached hydrogens (tertiary/aromatic N) is 4. The first kappa shape index (κ1) is 29.2. The van der Waals surface area contributed by atoms with Crippen LogP contribution in [0.5, 0.6) is 0 Å². The standard InChI is InChI=1S/C15H30N4O6.2CH2O/c1-13-8-18(9-14(22)23)5-4-16(11-20)2-3-17(12-21)6-7-19(13)10-15(24)25;2*1-2/h13,20-21H,2-12H2,1H3,(H,22,23)(H,24,25);2*1H2. The number of carboxylic acid groups (broad SMARTS) is 2. The van der Waals surface area contributed by atoms with Gasteiger partial charge in [0.25, 0.3) is 0 Å². The second kappa shape index (κ2) is 18.1. The molecule has 170 valence electrons. The highest BCUT2D eigenvalue weighted by atomic mass is 16.4. The van der Waals surface area contributed by atoms with E-state index in [4.69, 9.17) is 19.8 Å². The Morgan fingerprint density at radius 3 is 1.52 bits per heavy atom. The largest absolute Gasteiger partial charge is 0.480 e. The predicted molar refractivity (Wildman–Crippen MR) is 104 cm³/mol. The third kappa shape index (κ3) is 13.8. The highest BCUT2D eigenvalue weighted by Gasteiger charge is 2.23. The fourth-order valence-electron chi connectivity index (χ4n) is 2.89. The highest BCUT2D eigenvalue weighted by molar-refractivity contribution is 5.69. The maximum absolute atomic E-state index is 11.1. The molecule has 12 nitrogen and oxygen atoms in total. The molecule has 1 fully saturated rings. The summed E-state index contributed by atoms with van der Waals surface area (Å²) < 4.78 is 0. The molecular weight excluding hydrogens is 388 g/mol. The number of hydrogen-bond donors (Lipinski definition) is 4. The van der Waals surface area contributed by atoms with Crippen molar-refractivity contribution in [2.24, 2.45) is 0 Å². The van der Waals surface area contributed by atoms with Crippen LogP contribution in [0.4, 0.5) is 0 Å². The van der Waals surface area contributed by atoms with Gasteiger partial charge in [-0.2, -0.15) is 0 Å². The van der Waals surface area contributed by atoms with E-state index in [-0.39, 0.29) is 32.6 Å². The van der Waals surface area contributed by atoms with E-state index in [1.165, 1.54) is 0 Å². The quantitative estimate of drug-likeness (QED) is 0.351. The average Bonchev–Trinajstić information content (AvgIpc) is 2.70. The lowest BCUT2D eigenvalue weighted by Crippen LogP contribution is -2.51. The predicted octanol–water partition coefficient (Wildman–Crippen LogP) is -2.70. The first-order valence-electron chi connectivity index (χ1n) is 8.99. The molecular formula is C17H34N4O8. The molecule has 12 heteroatoms. The van der Waals surface area contributed by atoms with E-state index in [1.54, 1.807) is 19.6 Å². The number of carbonyl (C=O) groups is 4. The molecule has 1 saturated heterocycles. The van der Waals surface area contributed by atoms with Crippen LogP contribution in [0, 0.1) is 0 Å². The van der Waals surface area contributed by atoms with Crippen molar-refractivity contribution in [2.75, 3.05) is 72.4 Å². The maximum Gasteiger partial charge on any atom is 0.317 e. The zero-order valence-corrected chi connectivity index (χ0v) is 17.0. The number of aliphatic hydroxyl groups excluding tert-OH is 2. The summed E-state index contributed by atoms with van der Waals surface area (Å²) in [4.78, 5) is 45.4. The highest BCUT2D eigenvalue weighted by Crippen LogP contribution is 2.06. The Bertz CT molecular complexity index is 455. The minimum Gasteiger partial charge on any atom is -0.480 e. The zero-order valence-electron chi connectivity index (χ0n) is 17.0. The summed E-state index contributed by atoms with van der Waals surface area (Å²) >= 11 is 0. The Balaban J connectivity index is 0. The van der Waals surface area contributed by atoms with E-state index in [9.17, 15) is 19.8 Å². The van der Waals surface area contributed by atoms with Crippen molar-refractivity contribution in [2.45, 2.75) is 13.0 Å². The van der Waals surface area contributed by atoms with E-state index >= 15 is 0 Å². The molecule has 0 amide bonds. The van der Waals surface area contributed by atoms with Gasteiger partial charge in [0.05, 0.1) is 26.6 Å². The Morgan fingerprint density at radius 1 is 0.759 bits per heavy atom. The van der Waals surface area contributed by atoms with Gasteiger partial charge in [0.1, 0.15) is 13.6 Å². The summed E-state index contributed by atoms with van der Waals surface area (Å²) in [6.07, 6.45) is 0. The molecule has 0 aromatic carbocycles. The molecule has 1 aliphatic rings. The molecule has 0 aromatic heterocycles. The molecule has 1 unspecified atom stereocenters. The second-order valence-corrected chi connectivity index (χ2v) is 6.36. The van der Waals surface area contributed by atoms with Gasteiger partial charge in [0, 0.05) is 51.9 Å². The Labute approximate surface area is 170 Å². The van der Waals surface area contributed by atoms with Crippen LogP contribution in [0.2, 0.25) is 0 Å². The topological polar surface area (TPSA) is 162 Å². The summed E-state index contributed by atoms with van der Waals surface area (Å²) in [5, 5.41) is 37.1. The van der Waals surface area contributed by atoms with Crippen molar-refractivity contribution in [3.05, 3.63) is 0 Å². The number of aliphatic carboxylic acids is 2. The molecule has 0 spiro atoms. The molecule has 0 aromatic rings. The van der Waals surface area contributed by atoms with Crippen LogP contribution in [-0.2, 0) is 19.2 Å². The maximum atomic E-state index is 11.1. The van der Waals surface area contributed by atoms with Gasteiger partial charge in [0.15, 0.2) is 0 Å². The molecule has 1 rings (SSSR count). The zero-order chi connectivity index (χ0) is 22.8. The van der Waals surface area contributed by atoms with Crippen LogP contribution >= 0.6 is 0 Å². The summed E-state index contributed by atoms with van der Waals surface area (Å²) in [6, 6.07) is -0.155. The number of aliphatic hydroxyl groups is 2. The van der Waals surface area contributed by atoms with Crippen molar-refractivity contribution in [1.82, 2.24) is 19.6 Å². The molecule has 0 radical (unpaired) electrons. The van der Waals surface area contributed by atoms with Crippen LogP contribution in [0.1, 0.15) is 6.92 Å². The van der Waals surface area contributed by atoms with Crippen LogP contribution < -0.4 is 0 Å². The van der Waals surface area contributed by atoms with Crippen molar-refractivity contribution < 1.29 is 39.6 Å². The summed E-state index contributed by atoms with van der Waals surface area (Å²) in [5.41, 5.74) is 0. The lowest BCUT2D eigenvalue weighted by atomic mass is 10.2. The third-order valence-electron chi connectivity index (χ3n) is 4.41. The molecule has 29 heavy (non-hydrogen) atoms. The van der Waals surface area contributed by atoms with Gasteiger partial charge in [-0.25, -0.2) is 0 Å². The second-order valence-electron chi connectivity index (χ2n) is 6.36. The fourth-order valence-corrected chi connectivity index (χ4v) is 2.89. The van der Waals surface area contributed by atoms with E-state index in [1.807, 2.05) is 20.5 Å². The van der Waals surface area contributed by atoms with Gasteiger partial charge < -0.3 is 30.0 Å². The molecule has 0 aliphatic carbocycles. The molecule has 4 N–H and O–H groups in total. The average molecular weight is 422 g/mol. The van der Waals surface area contributed by atoms with E-state index in [0.29, 0.717) is 45.8 Å². The Kier molecular flexibility index (Phi) is 18.2. The molecule has 1 aliphatic heterocycles. The molecule has 1 atom stereocenters. The van der Waals surface area contributed by atoms with Gasteiger partial charge >= 0.3 is 11.9 Å². The number of carbonyl (C=O) groups excluding carboxylic acids is 2. The van der Waals surface area contributed by atoms with Crippen molar-refractivity contribution in [3.8, 4) is 0 Å². The molecule has 0 saturated carbocycles. The number of hydrogen-bond acceptors (Lipinski definition) is 10. The van der Waals surface area contributed by atoms with E-state index < -0.39 is 11.9 Å². The fraction of sp³-hybridized carbons (Fsp3) is 0.765. The SMILES string of the molecule is C=O.C=O.CC1CN(CC(=O)O)CCN(CO)CCN(CO)CCN1CC(=O)O. The monoisotopic (exact) mass is 422 g/mol. The van der Waals surface area contributed by atoms with E-state index in [0.717, 1.165) is 0 Å². The number of carboxylic acids is 2. The lowest BCUT2D eigenvalue weighted by Gasteiger charge is -2.35. The van der Waals surface area contributed by atoms with Crippen molar-refractivity contribution >= 4 is 25.5 Å². The van der Waals surface area contributed by atoms with Gasteiger partial charge in [-0.3, -0.25) is 29.2 Å². The third-order valence-corrected chi connectivity index (χ3v) is 4.41. The first-order valence-corrected chi connectivity index (χ1v) is 8.99. The smallest absolute Gasteiger partial charge is 0.317 e. The lowest BCUT2D eigenvalue weighted by molar-refractivity contribution is -0.141. The molecule has 0 bridgehead atoms. The summed E-state index contributed by atoms with van der Waals surface area (Å²) in [5.74, 6) is -1.88. The van der Waals surface area contributed by atoms with Crippen LogP contribution in [-0.4, -0.2) is 144 Å². The minimum absolute atomic E-state index is 0.132. The van der Waals surface area contributed by atoms with Gasteiger partial charge in [-0.15, -0.1) is 0 Å². The van der Waals surface area contributed by atoms with E-state index in [2.05, 4.69) is 0 Å². The van der Waals surface area contributed by atoms with Crippen molar-refractivity contribution in [1.29, 1.82) is 0 Å². The summed E-state index contributed by atoms with van der Waals surface area (Å²) in [7, 11) is 0. The molecule has 1 heterocycles. The minimum atomic E-state index is -0.939. The normalized spacial score (nSPS) is 20.7. The summed E-state index contributed by atoms with van der Waals surface area (Å²) in [6.45, 7) is 8.71. The van der Waals surface area contributed by atoms with Crippen LogP contribution in [0.3, 0.4) is 0 Å². The Hall–Kier alpha value is -1.96. The van der Waals surface area contributed by atoms with Gasteiger partial charge in [-0.1, -0.05) is 0 Å². The first-order chi connectivity index (χ1) is 13.8.